The van der Waals surface area contributed by atoms with Gasteiger partial charge in [-0.15, -0.1) is 11.3 Å². The molecule has 10 heteroatoms. The van der Waals surface area contributed by atoms with Gasteiger partial charge in [0.1, 0.15) is 11.3 Å². The lowest BCUT2D eigenvalue weighted by Crippen LogP contribution is -2.26. The zero-order valence-electron chi connectivity index (χ0n) is 15.2. The van der Waals surface area contributed by atoms with Gasteiger partial charge in [0.25, 0.3) is 11.6 Å². The summed E-state index contributed by atoms with van der Waals surface area (Å²) in [4.78, 5) is 31.7. The maximum Gasteiger partial charge on any atom is 0.286 e. The monoisotopic (exact) mass is 402 g/mol. The van der Waals surface area contributed by atoms with Crippen LogP contribution in [0.25, 0.3) is 10.6 Å². The lowest BCUT2D eigenvalue weighted by atomic mass is 10.1. The molecule has 2 N–H and O–H groups in total. The number of aromatic nitrogens is 2. The highest BCUT2D eigenvalue weighted by Gasteiger charge is 2.24. The smallest absolute Gasteiger partial charge is 0.286 e. The van der Waals surface area contributed by atoms with E-state index in [0.29, 0.717) is 6.42 Å². The summed E-state index contributed by atoms with van der Waals surface area (Å²) in [6.45, 7) is 0.283. The van der Waals surface area contributed by atoms with E-state index in [1.807, 2.05) is 17.5 Å². The minimum Gasteiger partial charge on any atom is -0.493 e. The molecule has 28 heavy (non-hydrogen) atoms. The number of hydrogen-bond donors (Lipinski definition) is 2. The van der Waals surface area contributed by atoms with Crippen molar-refractivity contribution >= 4 is 22.9 Å². The van der Waals surface area contributed by atoms with Gasteiger partial charge in [0.05, 0.1) is 36.4 Å². The fourth-order valence-corrected chi connectivity index (χ4v) is 3.48. The summed E-state index contributed by atoms with van der Waals surface area (Å²) in [5.41, 5.74) is 1.27. The van der Waals surface area contributed by atoms with Crippen LogP contribution in [0.5, 0.6) is 11.5 Å². The number of H-pyrrole nitrogens is 1. The van der Waals surface area contributed by atoms with Crippen LogP contribution in [-0.4, -0.2) is 41.6 Å². The standard InChI is InChI=1S/C18H18N4O5S/c1-26-14-8-11(13(22(24)25)9-15(14)27-2)18(23)19-6-5-12-17(21-10-20-12)16-4-3-7-28-16/h3-4,7-10H,5-6H2,1-2H3,(H,19,23)(H,20,21). The Morgan fingerprint density at radius 2 is 2.07 bits per heavy atom. The summed E-state index contributed by atoms with van der Waals surface area (Å²) in [6, 6.07) is 6.39. The van der Waals surface area contributed by atoms with E-state index in [-0.39, 0.29) is 29.3 Å². The Bertz CT molecular complexity index is 984. The molecule has 0 aliphatic heterocycles. The molecule has 0 aliphatic rings. The SMILES string of the molecule is COc1cc(C(=O)NCCc2[nH]cnc2-c2cccs2)c([N+](=O)[O-])cc1OC. The van der Waals surface area contributed by atoms with Crippen LogP contribution in [0.2, 0.25) is 0 Å². The first kappa shape index (κ1) is 19.4. The van der Waals surface area contributed by atoms with E-state index in [0.717, 1.165) is 16.3 Å². The highest BCUT2D eigenvalue weighted by atomic mass is 32.1. The molecule has 0 saturated carbocycles. The first-order valence-corrected chi connectivity index (χ1v) is 9.17. The van der Waals surface area contributed by atoms with Crippen LogP contribution in [0.4, 0.5) is 5.69 Å². The minimum absolute atomic E-state index is 0.0919. The number of thiophene rings is 1. The number of hydrogen-bond acceptors (Lipinski definition) is 7. The number of nitro benzene ring substituents is 1. The van der Waals surface area contributed by atoms with Crippen molar-refractivity contribution in [3.05, 3.63) is 57.3 Å². The topological polar surface area (TPSA) is 119 Å². The number of methoxy groups -OCH3 is 2. The molecule has 2 heterocycles. The van der Waals surface area contributed by atoms with Crippen molar-refractivity contribution in [2.24, 2.45) is 0 Å². The van der Waals surface area contributed by atoms with Crippen molar-refractivity contribution in [2.45, 2.75) is 6.42 Å². The molecule has 2 aromatic heterocycles. The lowest BCUT2D eigenvalue weighted by molar-refractivity contribution is -0.385. The fourth-order valence-electron chi connectivity index (χ4n) is 2.73. The summed E-state index contributed by atoms with van der Waals surface area (Å²) in [5, 5.41) is 16.0. The molecular weight excluding hydrogens is 384 g/mol. The molecule has 0 radical (unpaired) electrons. The quantitative estimate of drug-likeness (QED) is 0.441. The number of nitrogens with zero attached hydrogens (tertiary/aromatic N) is 2. The van der Waals surface area contributed by atoms with Crippen LogP contribution in [0.1, 0.15) is 16.1 Å². The third kappa shape index (κ3) is 3.96. The highest BCUT2D eigenvalue weighted by molar-refractivity contribution is 7.13. The normalized spacial score (nSPS) is 10.5. The van der Waals surface area contributed by atoms with E-state index < -0.39 is 10.8 Å². The van der Waals surface area contributed by atoms with Gasteiger partial charge in [-0.25, -0.2) is 4.98 Å². The van der Waals surface area contributed by atoms with Gasteiger partial charge in [-0.3, -0.25) is 14.9 Å². The number of benzene rings is 1. The maximum absolute atomic E-state index is 12.5. The summed E-state index contributed by atoms with van der Waals surface area (Å²) in [5.74, 6) is -0.138. The van der Waals surface area contributed by atoms with Crippen molar-refractivity contribution in [2.75, 3.05) is 20.8 Å². The van der Waals surface area contributed by atoms with Gasteiger partial charge in [-0.2, -0.15) is 0 Å². The minimum atomic E-state index is -0.624. The number of imidazole rings is 1. The predicted octanol–water partition coefficient (Wildman–Crippen LogP) is 3.04. The number of carbonyl (C=O) groups is 1. The number of rotatable bonds is 8. The van der Waals surface area contributed by atoms with Crippen LogP contribution in [0.15, 0.2) is 36.0 Å². The molecule has 0 saturated heterocycles. The molecule has 0 bridgehead atoms. The fraction of sp³-hybridized carbons (Fsp3) is 0.222. The second-order valence-electron chi connectivity index (χ2n) is 5.69. The number of nitro groups is 1. The molecule has 3 rings (SSSR count). The Morgan fingerprint density at radius 3 is 2.71 bits per heavy atom. The Kier molecular flexibility index (Phi) is 5.90. The average Bonchev–Trinajstić information content (AvgIpc) is 3.38. The van der Waals surface area contributed by atoms with E-state index in [4.69, 9.17) is 9.47 Å². The van der Waals surface area contributed by atoms with Gasteiger partial charge in [0.15, 0.2) is 11.5 Å². The highest BCUT2D eigenvalue weighted by Crippen LogP contribution is 2.34. The summed E-state index contributed by atoms with van der Waals surface area (Å²) >= 11 is 1.57. The Morgan fingerprint density at radius 1 is 1.32 bits per heavy atom. The number of aromatic amines is 1. The van der Waals surface area contributed by atoms with Crippen molar-refractivity contribution in [1.82, 2.24) is 15.3 Å². The molecule has 0 atom stereocenters. The summed E-state index contributed by atoms with van der Waals surface area (Å²) < 4.78 is 10.2. The van der Waals surface area contributed by atoms with Crippen LogP contribution in [0.3, 0.4) is 0 Å². The largest absolute Gasteiger partial charge is 0.493 e. The Balaban J connectivity index is 1.74. The lowest BCUT2D eigenvalue weighted by Gasteiger charge is -2.11. The molecule has 9 nitrogen and oxygen atoms in total. The predicted molar refractivity (Wildman–Crippen MR) is 104 cm³/mol. The first-order chi connectivity index (χ1) is 13.5. The molecular formula is C18H18N4O5S. The molecule has 0 fully saturated rings. The molecule has 1 amide bonds. The van der Waals surface area contributed by atoms with Gasteiger partial charge in [0.2, 0.25) is 0 Å². The van der Waals surface area contributed by atoms with Crippen LogP contribution < -0.4 is 14.8 Å². The number of nitrogens with one attached hydrogen (secondary N) is 2. The molecule has 3 aromatic rings. The summed E-state index contributed by atoms with van der Waals surface area (Å²) in [7, 11) is 2.77. The van der Waals surface area contributed by atoms with E-state index in [1.54, 1.807) is 17.7 Å². The van der Waals surface area contributed by atoms with E-state index >= 15 is 0 Å². The van der Waals surface area contributed by atoms with E-state index in [1.165, 1.54) is 26.4 Å². The second-order valence-corrected chi connectivity index (χ2v) is 6.64. The maximum atomic E-state index is 12.5. The van der Waals surface area contributed by atoms with Gasteiger partial charge in [-0.1, -0.05) is 6.07 Å². The summed E-state index contributed by atoms with van der Waals surface area (Å²) in [6.07, 6.45) is 2.10. The van der Waals surface area contributed by atoms with E-state index in [2.05, 4.69) is 15.3 Å². The number of carbonyl (C=O) groups excluding carboxylic acids is 1. The van der Waals surface area contributed by atoms with Gasteiger partial charge < -0.3 is 19.8 Å². The van der Waals surface area contributed by atoms with Crippen molar-refractivity contribution in [1.29, 1.82) is 0 Å². The molecule has 1 aromatic carbocycles. The Labute approximate surface area is 164 Å². The van der Waals surface area contributed by atoms with Gasteiger partial charge >= 0.3 is 0 Å². The third-order valence-corrected chi connectivity index (χ3v) is 4.95. The second kappa shape index (κ2) is 8.53. The van der Waals surface area contributed by atoms with Crippen molar-refractivity contribution in [3.63, 3.8) is 0 Å². The van der Waals surface area contributed by atoms with E-state index in [9.17, 15) is 14.9 Å². The zero-order chi connectivity index (χ0) is 20.1. The average molecular weight is 402 g/mol. The zero-order valence-corrected chi connectivity index (χ0v) is 16.0. The molecule has 0 aliphatic carbocycles. The van der Waals surface area contributed by atoms with Crippen molar-refractivity contribution in [3.8, 4) is 22.1 Å². The first-order valence-electron chi connectivity index (χ1n) is 8.30. The third-order valence-electron chi connectivity index (χ3n) is 4.08. The van der Waals surface area contributed by atoms with Crippen LogP contribution in [0, 0.1) is 10.1 Å². The Hall–Kier alpha value is -3.40. The van der Waals surface area contributed by atoms with Gasteiger partial charge in [-0.05, 0) is 11.4 Å². The molecule has 0 spiro atoms. The molecule has 146 valence electrons. The number of amides is 1. The van der Waals surface area contributed by atoms with Crippen LogP contribution >= 0.6 is 11.3 Å². The van der Waals surface area contributed by atoms with Crippen molar-refractivity contribution < 1.29 is 19.2 Å². The number of ether oxygens (including phenoxy) is 2. The van der Waals surface area contributed by atoms with Crippen LogP contribution in [-0.2, 0) is 6.42 Å². The molecule has 0 unspecified atom stereocenters. The van der Waals surface area contributed by atoms with Gasteiger partial charge in [0, 0.05) is 24.7 Å².